The van der Waals surface area contributed by atoms with Crippen molar-refractivity contribution in [3.05, 3.63) is 59.2 Å². The zero-order valence-electron chi connectivity index (χ0n) is 16.7. The smallest absolute Gasteiger partial charge is 0.231 e. The van der Waals surface area contributed by atoms with E-state index >= 15 is 0 Å². The maximum atomic E-state index is 12.6. The molecule has 2 aliphatic rings. The number of hydrogen-bond acceptors (Lipinski definition) is 3. The van der Waals surface area contributed by atoms with E-state index in [1.54, 1.807) is 0 Å². The number of fused-ring (bicyclic) bond motifs is 1. The largest absolute Gasteiger partial charge is 0.454 e. The lowest BCUT2D eigenvalue weighted by Gasteiger charge is -2.32. The maximum absolute atomic E-state index is 12.6. The van der Waals surface area contributed by atoms with Crippen molar-refractivity contribution in [3.63, 3.8) is 0 Å². The molecule has 0 unspecified atom stereocenters. The van der Waals surface area contributed by atoms with Crippen molar-refractivity contribution in [2.45, 2.75) is 45.4 Å². The number of nitrogens with zero attached hydrogens (tertiary/aromatic N) is 1. The first-order valence-corrected chi connectivity index (χ1v) is 10.4. The molecule has 0 radical (unpaired) electrons. The van der Waals surface area contributed by atoms with Gasteiger partial charge in [-0.25, -0.2) is 0 Å². The monoisotopic (exact) mass is 379 g/mol. The molecule has 0 bridgehead atoms. The molecule has 2 aromatic rings. The van der Waals surface area contributed by atoms with Gasteiger partial charge in [-0.05, 0) is 68.2 Å². The number of piperidine rings is 1. The molecule has 2 heterocycles. The fraction of sp³-hybridized carbons (Fsp3) is 0.458. The minimum absolute atomic E-state index is 0.273. The van der Waals surface area contributed by atoms with Crippen LogP contribution in [0.15, 0.2) is 42.5 Å². The lowest BCUT2D eigenvalue weighted by atomic mass is 9.90. The molecule has 4 heteroatoms. The summed E-state index contributed by atoms with van der Waals surface area (Å²) in [5, 5.41) is 0. The second kappa shape index (κ2) is 8.68. The van der Waals surface area contributed by atoms with E-state index in [4.69, 9.17) is 9.47 Å². The van der Waals surface area contributed by atoms with E-state index in [0.717, 1.165) is 61.8 Å². The predicted octanol–water partition coefficient (Wildman–Crippen LogP) is 4.53. The number of carbonyl (C=O) groups excluding carboxylic acids is 1. The molecule has 2 aliphatic heterocycles. The summed E-state index contributed by atoms with van der Waals surface area (Å²) < 4.78 is 10.8. The van der Waals surface area contributed by atoms with Crippen molar-refractivity contribution in [2.75, 3.05) is 19.9 Å². The highest BCUT2D eigenvalue weighted by atomic mass is 16.7. The van der Waals surface area contributed by atoms with Crippen molar-refractivity contribution < 1.29 is 14.3 Å². The summed E-state index contributed by atoms with van der Waals surface area (Å²) in [6, 6.07) is 14.8. The lowest BCUT2D eigenvalue weighted by molar-refractivity contribution is -0.132. The Kier molecular flexibility index (Phi) is 5.84. The molecule has 0 aliphatic carbocycles. The van der Waals surface area contributed by atoms with Gasteiger partial charge in [-0.3, -0.25) is 4.79 Å². The summed E-state index contributed by atoms with van der Waals surface area (Å²) in [6.07, 6.45) is 5.94. The van der Waals surface area contributed by atoms with Crippen molar-refractivity contribution >= 4 is 5.91 Å². The Labute approximate surface area is 167 Å². The van der Waals surface area contributed by atoms with Crippen LogP contribution in [0.4, 0.5) is 0 Å². The van der Waals surface area contributed by atoms with E-state index in [0.29, 0.717) is 6.42 Å². The highest BCUT2D eigenvalue weighted by Crippen LogP contribution is 2.33. The number of benzene rings is 2. The number of carbonyl (C=O) groups is 1. The third kappa shape index (κ3) is 4.67. The average molecular weight is 380 g/mol. The normalized spacial score (nSPS) is 16.4. The molecule has 4 rings (SSSR count). The fourth-order valence-electron chi connectivity index (χ4n) is 4.10. The summed E-state index contributed by atoms with van der Waals surface area (Å²) in [6.45, 7) is 4.22. The summed E-state index contributed by atoms with van der Waals surface area (Å²) in [5.41, 5.74) is 3.87. The first kappa shape index (κ1) is 18.9. The van der Waals surface area contributed by atoms with E-state index in [9.17, 15) is 4.79 Å². The van der Waals surface area contributed by atoms with Gasteiger partial charge >= 0.3 is 0 Å². The molecule has 1 amide bonds. The summed E-state index contributed by atoms with van der Waals surface area (Å²) in [7, 11) is 0. The van der Waals surface area contributed by atoms with Crippen molar-refractivity contribution in [1.82, 2.24) is 4.90 Å². The van der Waals surface area contributed by atoms with Crippen LogP contribution >= 0.6 is 0 Å². The van der Waals surface area contributed by atoms with E-state index < -0.39 is 0 Å². The molecule has 1 fully saturated rings. The van der Waals surface area contributed by atoms with Crippen LogP contribution in [0, 0.1) is 12.8 Å². The molecule has 28 heavy (non-hydrogen) atoms. The Morgan fingerprint density at radius 2 is 1.68 bits per heavy atom. The SMILES string of the molecule is Cc1ccc(CCC2CCN(C(=O)CCc3ccc4c(c3)OCO4)CC2)cc1. The number of aryl methyl sites for hydroxylation is 3. The van der Waals surface area contributed by atoms with E-state index in [2.05, 4.69) is 36.1 Å². The standard InChI is InChI=1S/C24H29NO3/c1-18-2-4-19(5-3-18)6-7-20-12-14-25(15-13-20)24(26)11-9-21-8-10-22-23(16-21)28-17-27-22/h2-5,8,10,16,20H,6-7,9,11-15,17H2,1H3. The second-order valence-electron chi connectivity index (χ2n) is 8.04. The van der Waals surface area contributed by atoms with Gasteiger partial charge in [-0.2, -0.15) is 0 Å². The predicted molar refractivity (Wildman–Crippen MR) is 110 cm³/mol. The van der Waals surface area contributed by atoms with Gasteiger partial charge in [-0.1, -0.05) is 35.9 Å². The number of amides is 1. The Morgan fingerprint density at radius 3 is 2.46 bits per heavy atom. The van der Waals surface area contributed by atoms with Gasteiger partial charge in [0.05, 0.1) is 0 Å². The van der Waals surface area contributed by atoms with Gasteiger partial charge in [0, 0.05) is 19.5 Å². The number of hydrogen-bond donors (Lipinski definition) is 0. The first-order chi connectivity index (χ1) is 13.7. The van der Waals surface area contributed by atoms with Crippen LogP contribution in [0.5, 0.6) is 11.5 Å². The zero-order valence-corrected chi connectivity index (χ0v) is 16.7. The minimum Gasteiger partial charge on any atom is -0.454 e. The van der Waals surface area contributed by atoms with Crippen LogP contribution in [0.3, 0.4) is 0 Å². The van der Waals surface area contributed by atoms with Crippen LogP contribution in [-0.2, 0) is 17.6 Å². The second-order valence-corrected chi connectivity index (χ2v) is 8.04. The Hall–Kier alpha value is -2.49. The van der Waals surface area contributed by atoms with Gasteiger partial charge in [0.25, 0.3) is 0 Å². The van der Waals surface area contributed by atoms with Gasteiger partial charge in [-0.15, -0.1) is 0 Å². The molecule has 0 N–H and O–H groups in total. The highest BCUT2D eigenvalue weighted by molar-refractivity contribution is 5.76. The molecule has 0 spiro atoms. The summed E-state index contributed by atoms with van der Waals surface area (Å²) >= 11 is 0. The molecule has 4 nitrogen and oxygen atoms in total. The Bertz CT molecular complexity index is 807. The summed E-state index contributed by atoms with van der Waals surface area (Å²) in [5.74, 6) is 2.59. The molecule has 1 saturated heterocycles. The quantitative estimate of drug-likeness (QED) is 0.740. The molecule has 0 atom stereocenters. The van der Waals surface area contributed by atoms with Gasteiger partial charge in [0.1, 0.15) is 0 Å². The van der Waals surface area contributed by atoms with E-state index in [-0.39, 0.29) is 12.7 Å². The molecule has 0 saturated carbocycles. The Morgan fingerprint density at radius 1 is 0.964 bits per heavy atom. The minimum atomic E-state index is 0.273. The zero-order chi connectivity index (χ0) is 19.3. The van der Waals surface area contributed by atoms with Gasteiger partial charge in [0.2, 0.25) is 12.7 Å². The van der Waals surface area contributed by atoms with Crippen LogP contribution in [0.1, 0.15) is 42.4 Å². The molecular weight excluding hydrogens is 350 g/mol. The van der Waals surface area contributed by atoms with Gasteiger partial charge in [0.15, 0.2) is 11.5 Å². The van der Waals surface area contributed by atoms with Crippen molar-refractivity contribution in [3.8, 4) is 11.5 Å². The van der Waals surface area contributed by atoms with Crippen LogP contribution < -0.4 is 9.47 Å². The third-order valence-electron chi connectivity index (χ3n) is 5.99. The highest BCUT2D eigenvalue weighted by Gasteiger charge is 2.22. The average Bonchev–Trinajstić information content (AvgIpc) is 3.20. The van der Waals surface area contributed by atoms with Gasteiger partial charge < -0.3 is 14.4 Å². The first-order valence-electron chi connectivity index (χ1n) is 10.4. The van der Waals surface area contributed by atoms with Crippen LogP contribution in [-0.4, -0.2) is 30.7 Å². The Balaban J connectivity index is 1.19. The fourth-order valence-corrected chi connectivity index (χ4v) is 4.10. The van der Waals surface area contributed by atoms with E-state index in [1.807, 2.05) is 18.2 Å². The number of likely N-dealkylation sites (tertiary alicyclic amines) is 1. The van der Waals surface area contributed by atoms with Crippen molar-refractivity contribution in [1.29, 1.82) is 0 Å². The van der Waals surface area contributed by atoms with Crippen LogP contribution in [0.2, 0.25) is 0 Å². The van der Waals surface area contributed by atoms with E-state index in [1.165, 1.54) is 17.5 Å². The maximum Gasteiger partial charge on any atom is 0.231 e. The molecular formula is C24H29NO3. The molecule has 2 aromatic carbocycles. The van der Waals surface area contributed by atoms with Crippen molar-refractivity contribution in [2.24, 2.45) is 5.92 Å². The lowest BCUT2D eigenvalue weighted by Crippen LogP contribution is -2.38. The molecule has 0 aromatic heterocycles. The number of rotatable bonds is 6. The number of ether oxygens (including phenoxy) is 2. The summed E-state index contributed by atoms with van der Waals surface area (Å²) in [4.78, 5) is 14.6. The third-order valence-corrected chi connectivity index (χ3v) is 5.99. The topological polar surface area (TPSA) is 38.8 Å². The molecule has 148 valence electrons. The van der Waals surface area contributed by atoms with Crippen LogP contribution in [0.25, 0.3) is 0 Å².